The van der Waals surface area contributed by atoms with Crippen LogP contribution in [0.5, 0.6) is 0 Å². The van der Waals surface area contributed by atoms with E-state index >= 15 is 0 Å². The number of β-amino-alcohol motifs (C(OH)–C–C–N with tert-alkyl or cyclic N) is 1. The van der Waals surface area contributed by atoms with E-state index in [1.165, 1.54) is 0 Å². The smallest absolute Gasteiger partial charge is 0.427 e. The van der Waals surface area contributed by atoms with E-state index in [0.29, 0.717) is 43.9 Å². The van der Waals surface area contributed by atoms with Gasteiger partial charge in [0.25, 0.3) is 0 Å². The average Bonchev–Trinajstić information content (AvgIpc) is 3.28. The first-order valence-electron chi connectivity index (χ1n) is 11.8. The monoisotopic (exact) mass is 502 g/mol. The van der Waals surface area contributed by atoms with E-state index in [0.717, 1.165) is 47.8 Å². The van der Waals surface area contributed by atoms with Crippen LogP contribution in [0.2, 0.25) is 5.82 Å². The second-order valence-electron chi connectivity index (χ2n) is 9.34. The maximum atomic E-state index is 12.4. The molecule has 2 heterocycles. The minimum Gasteiger partial charge on any atom is -0.427 e. The minimum atomic E-state index is -3.71. The molecule has 0 bridgehead atoms. The highest BCUT2D eigenvalue weighted by Crippen LogP contribution is 2.38. The summed E-state index contributed by atoms with van der Waals surface area (Å²) in [6.07, 6.45) is 5.61. The van der Waals surface area contributed by atoms with Gasteiger partial charge in [-0.25, -0.2) is 17.9 Å². The number of nitrogens with one attached hydrogen (secondary N) is 2. The average molecular weight is 502 g/mol. The molecule has 188 valence electrons. The lowest BCUT2D eigenvalue weighted by molar-refractivity contribution is 0.0964. The fourth-order valence-electron chi connectivity index (χ4n) is 4.93. The topological polar surface area (TPSA) is 152 Å². The molecular weight excluding hydrogens is 471 g/mol. The molecule has 0 spiro atoms. The summed E-state index contributed by atoms with van der Waals surface area (Å²) in [6, 6.07) is 6.68. The predicted molar refractivity (Wildman–Crippen MR) is 133 cm³/mol. The molecule has 1 fully saturated rings. The largest absolute Gasteiger partial charge is 0.454 e. The summed E-state index contributed by atoms with van der Waals surface area (Å²) in [4.78, 5) is 18.8. The van der Waals surface area contributed by atoms with Crippen molar-refractivity contribution in [3.8, 4) is 11.1 Å². The van der Waals surface area contributed by atoms with Gasteiger partial charge in [-0.3, -0.25) is 4.98 Å². The molecule has 2 aromatic rings. The number of hydrogen-bond acceptors (Lipinski definition) is 8. The molecule has 12 heteroatoms. The lowest BCUT2D eigenvalue weighted by Crippen LogP contribution is -2.39. The molecule has 0 saturated carbocycles. The summed E-state index contributed by atoms with van der Waals surface area (Å²) in [5.74, 6) is -0.143. The zero-order valence-electron chi connectivity index (χ0n) is 19.6. The molecule has 4 rings (SSSR count). The van der Waals surface area contributed by atoms with Crippen LogP contribution in [0.1, 0.15) is 42.2 Å². The van der Waals surface area contributed by atoms with Crippen molar-refractivity contribution in [3.63, 3.8) is 0 Å². The first-order chi connectivity index (χ1) is 16.6. The highest BCUT2D eigenvalue weighted by molar-refractivity contribution is 7.89. The first kappa shape index (κ1) is 25.6. The van der Waals surface area contributed by atoms with Crippen LogP contribution in [-0.2, 0) is 22.9 Å². The number of rotatable bonds is 7. The Morgan fingerprint density at radius 1 is 1.23 bits per heavy atom. The number of carbonyl (C=O) groups is 1. The van der Waals surface area contributed by atoms with E-state index in [2.05, 4.69) is 15.2 Å². The Morgan fingerprint density at radius 2 is 1.97 bits per heavy atom. The lowest BCUT2D eigenvalue weighted by atomic mass is 9.67. The number of piperidine rings is 1. The SMILES string of the molecule is CS(=O)(=O)NC(=O)Nc1c(-c2ccnc(C(O)CN3CCC(B(O)O)CC3)c2)ccc2c1CCC2. The summed E-state index contributed by atoms with van der Waals surface area (Å²) in [6.45, 7) is 1.69. The molecule has 0 radical (unpaired) electrons. The molecule has 1 aliphatic heterocycles. The summed E-state index contributed by atoms with van der Waals surface area (Å²) in [7, 11) is -5.02. The quantitative estimate of drug-likeness (QED) is 0.355. The van der Waals surface area contributed by atoms with Gasteiger partial charge in [-0.2, -0.15) is 0 Å². The van der Waals surface area contributed by atoms with Gasteiger partial charge in [0.15, 0.2) is 0 Å². The number of aromatic nitrogens is 1. The van der Waals surface area contributed by atoms with Crippen molar-refractivity contribution in [2.24, 2.45) is 0 Å². The number of aryl methyl sites for hydroxylation is 1. The number of fused-ring (bicyclic) bond motifs is 1. The number of hydrogen-bond donors (Lipinski definition) is 5. The molecule has 1 aromatic heterocycles. The summed E-state index contributed by atoms with van der Waals surface area (Å²) < 4.78 is 25.0. The number of aliphatic hydroxyl groups excluding tert-OH is 1. The second kappa shape index (κ2) is 10.6. The highest BCUT2D eigenvalue weighted by Gasteiger charge is 2.29. The Kier molecular flexibility index (Phi) is 7.77. The molecule has 2 aliphatic rings. The number of sulfonamides is 1. The van der Waals surface area contributed by atoms with Crippen LogP contribution in [0.15, 0.2) is 30.5 Å². The van der Waals surface area contributed by atoms with Crippen LogP contribution in [-0.4, -0.2) is 72.5 Å². The van der Waals surface area contributed by atoms with Crippen LogP contribution in [0.4, 0.5) is 10.5 Å². The standard InChI is InChI=1S/C23H31BN4O6S/c1-35(33,34)27-23(30)26-22-18-4-2-3-15(18)5-6-19(22)16-7-10-25-20(13-16)21(29)14-28-11-8-17(9-12-28)24(31)32/h5-7,10,13,17,21,29,31-32H,2-4,8-9,11-12,14H2,1H3,(H2,26,27,30). The van der Waals surface area contributed by atoms with Crippen molar-refractivity contribution in [3.05, 3.63) is 47.3 Å². The third kappa shape index (κ3) is 6.39. The molecule has 1 atom stereocenters. The van der Waals surface area contributed by atoms with E-state index in [1.807, 2.05) is 16.9 Å². The molecule has 1 saturated heterocycles. The zero-order chi connectivity index (χ0) is 25.2. The van der Waals surface area contributed by atoms with E-state index < -0.39 is 29.3 Å². The Morgan fingerprint density at radius 3 is 2.66 bits per heavy atom. The Bertz CT molecular complexity index is 1180. The lowest BCUT2D eigenvalue weighted by Gasteiger charge is -2.32. The van der Waals surface area contributed by atoms with Crippen LogP contribution < -0.4 is 10.0 Å². The zero-order valence-corrected chi connectivity index (χ0v) is 20.5. The van der Waals surface area contributed by atoms with Crippen LogP contribution in [0, 0.1) is 0 Å². The Hall–Kier alpha value is -2.51. The third-order valence-corrected chi connectivity index (χ3v) is 7.27. The van der Waals surface area contributed by atoms with Crippen LogP contribution >= 0.6 is 0 Å². The van der Waals surface area contributed by atoms with Crippen molar-refractivity contribution >= 4 is 28.9 Å². The summed E-state index contributed by atoms with van der Waals surface area (Å²) in [5.41, 5.74) is 4.63. The maximum absolute atomic E-state index is 12.4. The van der Waals surface area contributed by atoms with Crippen molar-refractivity contribution in [2.45, 2.75) is 44.0 Å². The first-order valence-corrected chi connectivity index (χ1v) is 13.7. The third-order valence-electron chi connectivity index (χ3n) is 6.72. The fourth-order valence-corrected chi connectivity index (χ4v) is 5.31. The van der Waals surface area contributed by atoms with Crippen molar-refractivity contribution in [1.82, 2.24) is 14.6 Å². The van der Waals surface area contributed by atoms with Crippen molar-refractivity contribution in [2.75, 3.05) is 31.2 Å². The van der Waals surface area contributed by atoms with Crippen LogP contribution in [0.25, 0.3) is 11.1 Å². The molecule has 1 unspecified atom stereocenters. The van der Waals surface area contributed by atoms with E-state index in [1.54, 1.807) is 18.3 Å². The van der Waals surface area contributed by atoms with Gasteiger partial charge in [-0.15, -0.1) is 0 Å². The van der Waals surface area contributed by atoms with Gasteiger partial charge < -0.3 is 25.4 Å². The number of anilines is 1. The van der Waals surface area contributed by atoms with Crippen molar-refractivity contribution < 1.29 is 28.4 Å². The summed E-state index contributed by atoms with van der Waals surface area (Å²) in [5, 5.41) is 32.3. The minimum absolute atomic E-state index is 0.143. The number of urea groups is 1. The number of amides is 2. The highest BCUT2D eigenvalue weighted by atomic mass is 32.2. The number of likely N-dealkylation sites (tertiary alicyclic amines) is 1. The van der Waals surface area contributed by atoms with E-state index in [-0.39, 0.29) is 5.82 Å². The number of carbonyl (C=O) groups excluding carboxylic acids is 1. The molecular formula is C23H31BN4O6S. The van der Waals surface area contributed by atoms with Gasteiger partial charge in [0.2, 0.25) is 10.0 Å². The molecule has 1 aliphatic carbocycles. The fraction of sp³-hybridized carbons (Fsp3) is 0.478. The predicted octanol–water partition coefficient (Wildman–Crippen LogP) is 1.29. The molecule has 35 heavy (non-hydrogen) atoms. The van der Waals surface area contributed by atoms with Crippen molar-refractivity contribution in [1.29, 1.82) is 0 Å². The molecule has 10 nitrogen and oxygen atoms in total. The number of pyridine rings is 1. The van der Waals surface area contributed by atoms with Gasteiger partial charge in [0.1, 0.15) is 6.10 Å². The number of nitrogens with zero attached hydrogens (tertiary/aromatic N) is 2. The normalized spacial score (nSPS) is 17.6. The van der Waals surface area contributed by atoms with Gasteiger partial charge in [-0.1, -0.05) is 12.1 Å². The Labute approximate surface area is 205 Å². The van der Waals surface area contributed by atoms with Crippen LogP contribution in [0.3, 0.4) is 0 Å². The number of benzene rings is 1. The molecule has 5 N–H and O–H groups in total. The van der Waals surface area contributed by atoms with Gasteiger partial charge in [0.05, 0.1) is 17.6 Å². The van der Waals surface area contributed by atoms with E-state index in [4.69, 9.17) is 0 Å². The Balaban J connectivity index is 1.55. The van der Waals surface area contributed by atoms with Gasteiger partial charge >= 0.3 is 13.1 Å². The summed E-state index contributed by atoms with van der Waals surface area (Å²) >= 11 is 0. The second-order valence-corrected chi connectivity index (χ2v) is 11.1. The molecule has 2 amide bonds. The van der Waals surface area contributed by atoms with Gasteiger partial charge in [0, 0.05) is 18.3 Å². The number of aliphatic hydroxyl groups is 1. The molecule has 1 aromatic carbocycles. The maximum Gasteiger partial charge on any atom is 0.454 e. The van der Waals surface area contributed by atoms with E-state index in [9.17, 15) is 28.4 Å². The van der Waals surface area contributed by atoms with Gasteiger partial charge in [-0.05, 0) is 79.8 Å².